The molecule has 0 fully saturated rings. The molecule has 0 aliphatic rings. The van der Waals surface area contributed by atoms with Gasteiger partial charge in [0.2, 0.25) is 5.91 Å². The smallest absolute Gasteiger partial charge is 0.224 e. The van der Waals surface area contributed by atoms with Crippen molar-refractivity contribution in [1.82, 2.24) is 0 Å². The number of amides is 1. The molecule has 24 heavy (non-hydrogen) atoms. The van der Waals surface area contributed by atoms with Crippen LogP contribution in [0, 0.1) is 0 Å². The van der Waals surface area contributed by atoms with Crippen molar-refractivity contribution in [3.8, 4) is 5.75 Å². The highest BCUT2D eigenvalue weighted by Crippen LogP contribution is 2.23. The Kier molecular flexibility index (Phi) is 6.83. The molecule has 0 heterocycles. The van der Waals surface area contributed by atoms with Crippen molar-refractivity contribution in [2.24, 2.45) is 10.9 Å². The zero-order chi connectivity index (χ0) is 17.2. The third-order valence-electron chi connectivity index (χ3n) is 3.70. The number of carbonyl (C=O) groups excluding carboxylic acids is 1. The van der Waals surface area contributed by atoms with Gasteiger partial charge in [-0.2, -0.15) is 5.10 Å². The van der Waals surface area contributed by atoms with Crippen molar-refractivity contribution in [3.63, 3.8) is 0 Å². The number of benzene rings is 2. The predicted molar refractivity (Wildman–Crippen MR) is 97.4 cm³/mol. The summed E-state index contributed by atoms with van der Waals surface area (Å²) in [6, 6.07) is 15.5. The second kappa shape index (κ2) is 9.35. The minimum atomic E-state index is 0.00834. The number of anilines is 1. The van der Waals surface area contributed by atoms with Crippen molar-refractivity contribution in [3.05, 3.63) is 59.7 Å². The third kappa shape index (κ3) is 5.43. The zero-order valence-corrected chi connectivity index (χ0v) is 13.9. The van der Waals surface area contributed by atoms with Gasteiger partial charge in [0.05, 0.1) is 19.0 Å². The van der Waals surface area contributed by atoms with Crippen LogP contribution in [0.25, 0.3) is 0 Å². The van der Waals surface area contributed by atoms with E-state index in [9.17, 15) is 4.79 Å². The molecule has 126 valence electrons. The van der Waals surface area contributed by atoms with Crippen LogP contribution in [0.1, 0.15) is 30.4 Å². The molecule has 0 saturated heterocycles. The van der Waals surface area contributed by atoms with Gasteiger partial charge in [-0.15, -0.1) is 0 Å². The van der Waals surface area contributed by atoms with E-state index in [1.54, 1.807) is 13.3 Å². The molecule has 5 heteroatoms. The SMILES string of the molecule is COc1ccccc1NC(=O)CCCCc1ccc(/C=N/N)cc1. The average Bonchev–Trinajstić information content (AvgIpc) is 2.61. The standard InChI is InChI=1S/C19H23N3O2/c1-24-18-8-4-3-7-17(18)22-19(23)9-5-2-6-15-10-12-16(13-11-15)14-21-20/h3-4,7-8,10-14H,2,5-6,9,20H2,1H3,(H,22,23)/b21-14+. The van der Waals surface area contributed by atoms with Gasteiger partial charge in [-0.25, -0.2) is 0 Å². The molecule has 0 radical (unpaired) electrons. The van der Waals surface area contributed by atoms with Crippen LogP contribution in [0.5, 0.6) is 5.75 Å². The fourth-order valence-electron chi connectivity index (χ4n) is 2.43. The molecule has 0 aromatic heterocycles. The van der Waals surface area contributed by atoms with Gasteiger partial charge in [0.1, 0.15) is 5.75 Å². The van der Waals surface area contributed by atoms with Gasteiger partial charge in [-0.05, 0) is 42.5 Å². The maximum Gasteiger partial charge on any atom is 0.224 e. The Bertz CT molecular complexity index is 681. The largest absolute Gasteiger partial charge is 0.495 e. The normalized spacial score (nSPS) is 10.7. The molecule has 0 atom stereocenters. The van der Waals surface area contributed by atoms with Crippen molar-refractivity contribution >= 4 is 17.8 Å². The van der Waals surface area contributed by atoms with Gasteiger partial charge in [-0.3, -0.25) is 4.79 Å². The molecule has 3 N–H and O–H groups in total. The summed E-state index contributed by atoms with van der Waals surface area (Å²) in [7, 11) is 1.59. The lowest BCUT2D eigenvalue weighted by molar-refractivity contribution is -0.116. The summed E-state index contributed by atoms with van der Waals surface area (Å²) in [5.74, 6) is 5.80. The molecule has 0 aliphatic carbocycles. The van der Waals surface area contributed by atoms with Gasteiger partial charge < -0.3 is 15.9 Å². The van der Waals surface area contributed by atoms with Crippen molar-refractivity contribution < 1.29 is 9.53 Å². The lowest BCUT2D eigenvalue weighted by Gasteiger charge is -2.09. The number of rotatable bonds is 8. The third-order valence-corrected chi connectivity index (χ3v) is 3.70. The van der Waals surface area contributed by atoms with E-state index in [0.717, 1.165) is 24.8 Å². The van der Waals surface area contributed by atoms with Crippen molar-refractivity contribution in [2.45, 2.75) is 25.7 Å². The molecule has 0 bridgehead atoms. The topological polar surface area (TPSA) is 76.7 Å². The van der Waals surface area contributed by atoms with Gasteiger partial charge >= 0.3 is 0 Å². The maximum atomic E-state index is 12.0. The predicted octanol–water partition coefficient (Wildman–Crippen LogP) is 3.34. The van der Waals surface area contributed by atoms with E-state index in [1.165, 1.54) is 5.56 Å². The van der Waals surface area contributed by atoms with E-state index >= 15 is 0 Å². The maximum absolute atomic E-state index is 12.0. The Morgan fingerprint density at radius 3 is 2.62 bits per heavy atom. The number of hydrazone groups is 1. The highest BCUT2D eigenvalue weighted by Gasteiger charge is 2.06. The lowest BCUT2D eigenvalue weighted by Crippen LogP contribution is -2.12. The molecule has 2 aromatic carbocycles. The molecule has 2 aromatic rings. The number of nitrogens with zero attached hydrogens (tertiary/aromatic N) is 1. The Morgan fingerprint density at radius 2 is 1.92 bits per heavy atom. The first-order chi connectivity index (χ1) is 11.7. The quantitative estimate of drug-likeness (QED) is 0.338. The number of para-hydroxylation sites is 2. The monoisotopic (exact) mass is 325 g/mol. The van der Waals surface area contributed by atoms with E-state index < -0.39 is 0 Å². The van der Waals surface area contributed by atoms with Crippen LogP contribution in [0.2, 0.25) is 0 Å². The highest BCUT2D eigenvalue weighted by molar-refractivity contribution is 5.92. The molecule has 0 unspecified atom stereocenters. The lowest BCUT2D eigenvalue weighted by atomic mass is 10.1. The second-order valence-electron chi connectivity index (χ2n) is 5.48. The Balaban J connectivity index is 1.72. The molecule has 5 nitrogen and oxygen atoms in total. The number of carbonyl (C=O) groups is 1. The summed E-state index contributed by atoms with van der Waals surface area (Å²) in [4.78, 5) is 12.0. The van der Waals surface area contributed by atoms with Crippen molar-refractivity contribution in [1.29, 1.82) is 0 Å². The fourth-order valence-corrected chi connectivity index (χ4v) is 2.43. The fraction of sp³-hybridized carbons (Fsp3) is 0.263. The summed E-state index contributed by atoms with van der Waals surface area (Å²) in [6.07, 6.45) is 4.86. The summed E-state index contributed by atoms with van der Waals surface area (Å²) >= 11 is 0. The zero-order valence-electron chi connectivity index (χ0n) is 13.9. The number of hydrogen-bond acceptors (Lipinski definition) is 4. The Hall–Kier alpha value is -2.82. The number of methoxy groups -OCH3 is 1. The van der Waals surface area contributed by atoms with Gasteiger partial charge in [-0.1, -0.05) is 36.4 Å². The van der Waals surface area contributed by atoms with Crippen LogP contribution >= 0.6 is 0 Å². The number of ether oxygens (including phenoxy) is 1. The molecule has 0 aliphatic heterocycles. The molecular weight excluding hydrogens is 302 g/mol. The van der Waals surface area contributed by atoms with E-state index in [0.29, 0.717) is 17.9 Å². The number of nitrogens with one attached hydrogen (secondary N) is 1. The molecule has 0 saturated carbocycles. The van der Waals surface area contributed by atoms with Crippen LogP contribution < -0.4 is 15.9 Å². The summed E-state index contributed by atoms with van der Waals surface area (Å²) in [5.41, 5.74) is 2.94. The van der Waals surface area contributed by atoms with Gasteiger partial charge in [0.15, 0.2) is 0 Å². The molecule has 2 rings (SSSR count). The molecule has 1 amide bonds. The Morgan fingerprint density at radius 1 is 1.17 bits per heavy atom. The molecular formula is C19H23N3O2. The number of aryl methyl sites for hydroxylation is 1. The number of nitrogens with two attached hydrogens (primary N) is 1. The van der Waals surface area contributed by atoms with E-state index in [-0.39, 0.29) is 5.91 Å². The van der Waals surface area contributed by atoms with Crippen LogP contribution in [-0.4, -0.2) is 19.2 Å². The number of unbranched alkanes of at least 4 members (excludes halogenated alkanes) is 1. The van der Waals surface area contributed by atoms with Crippen molar-refractivity contribution in [2.75, 3.05) is 12.4 Å². The van der Waals surface area contributed by atoms with Crippen LogP contribution in [0.4, 0.5) is 5.69 Å². The van der Waals surface area contributed by atoms with E-state index in [1.807, 2.05) is 36.4 Å². The first-order valence-corrected chi connectivity index (χ1v) is 7.98. The molecule has 0 spiro atoms. The first-order valence-electron chi connectivity index (χ1n) is 7.98. The highest BCUT2D eigenvalue weighted by atomic mass is 16.5. The summed E-state index contributed by atoms with van der Waals surface area (Å²) in [6.45, 7) is 0. The van der Waals surface area contributed by atoms with E-state index in [2.05, 4.69) is 22.6 Å². The number of hydrogen-bond donors (Lipinski definition) is 2. The average molecular weight is 325 g/mol. The van der Waals surface area contributed by atoms with Crippen LogP contribution in [-0.2, 0) is 11.2 Å². The van der Waals surface area contributed by atoms with Crippen LogP contribution in [0.15, 0.2) is 53.6 Å². The van der Waals surface area contributed by atoms with Gasteiger partial charge in [0.25, 0.3) is 0 Å². The summed E-state index contributed by atoms with van der Waals surface area (Å²) in [5, 5.41) is 6.39. The van der Waals surface area contributed by atoms with E-state index in [4.69, 9.17) is 10.6 Å². The van der Waals surface area contributed by atoms with Crippen LogP contribution in [0.3, 0.4) is 0 Å². The first kappa shape index (κ1) is 17.5. The Labute approximate surface area is 142 Å². The summed E-state index contributed by atoms with van der Waals surface area (Å²) < 4.78 is 5.22. The minimum absolute atomic E-state index is 0.00834. The van der Waals surface area contributed by atoms with Gasteiger partial charge in [0, 0.05) is 6.42 Å². The second-order valence-corrected chi connectivity index (χ2v) is 5.48. The minimum Gasteiger partial charge on any atom is -0.495 e.